The smallest absolute Gasteiger partial charge is 0.310 e. The van der Waals surface area contributed by atoms with E-state index in [0.717, 1.165) is 25.0 Å². The number of nitrogens with zero attached hydrogens (tertiary/aromatic N) is 3. The van der Waals surface area contributed by atoms with Gasteiger partial charge in [0.2, 0.25) is 5.91 Å². The van der Waals surface area contributed by atoms with Gasteiger partial charge >= 0.3 is 5.69 Å². The van der Waals surface area contributed by atoms with Crippen molar-refractivity contribution in [3.8, 4) is 5.75 Å². The third kappa shape index (κ3) is 5.16. The number of unbranched alkanes of at least 4 members (excludes halogenated alkanes) is 1. The summed E-state index contributed by atoms with van der Waals surface area (Å²) >= 11 is 0. The number of hydrogen-bond acceptors (Lipinski definition) is 6. The minimum Gasteiger partial charge on any atom is -0.502 e. The van der Waals surface area contributed by atoms with Crippen LogP contribution >= 0.6 is 0 Å². The summed E-state index contributed by atoms with van der Waals surface area (Å²) in [6, 6.07) is 3.58. The molecule has 0 aliphatic carbocycles. The molecule has 0 aromatic heterocycles. The number of phenolic OH excluding ortho intramolecular Hbond substituents is 1. The van der Waals surface area contributed by atoms with E-state index in [1.807, 2.05) is 4.90 Å². The van der Waals surface area contributed by atoms with Crippen LogP contribution in [0.3, 0.4) is 0 Å². The molecule has 9 nitrogen and oxygen atoms in total. The molecule has 0 saturated carbocycles. The van der Waals surface area contributed by atoms with E-state index in [4.69, 9.17) is 0 Å². The van der Waals surface area contributed by atoms with E-state index < -0.39 is 16.4 Å². The van der Waals surface area contributed by atoms with Gasteiger partial charge in [0.25, 0.3) is 5.91 Å². The highest BCUT2D eigenvalue weighted by Gasteiger charge is 2.24. The minimum atomic E-state index is -0.700. The lowest BCUT2D eigenvalue weighted by molar-refractivity contribution is -0.385. The summed E-state index contributed by atoms with van der Waals surface area (Å²) < 4.78 is 0. The van der Waals surface area contributed by atoms with Crippen LogP contribution in [0.5, 0.6) is 5.75 Å². The topological polar surface area (TPSA) is 116 Å². The molecule has 1 fully saturated rings. The molecule has 1 aliphatic heterocycles. The van der Waals surface area contributed by atoms with Crippen LogP contribution < -0.4 is 5.32 Å². The molecule has 0 spiro atoms. The molecule has 0 atom stereocenters. The molecular weight excluding hydrogens is 340 g/mol. The van der Waals surface area contributed by atoms with Crippen molar-refractivity contribution in [2.75, 3.05) is 39.3 Å². The molecule has 9 heteroatoms. The number of nitro groups is 1. The summed E-state index contributed by atoms with van der Waals surface area (Å²) in [7, 11) is 0. The summed E-state index contributed by atoms with van der Waals surface area (Å²) in [5, 5.41) is 23.3. The lowest BCUT2D eigenvalue weighted by atomic mass is 10.1. The van der Waals surface area contributed by atoms with Crippen molar-refractivity contribution in [1.82, 2.24) is 15.1 Å². The monoisotopic (exact) mass is 364 g/mol. The Balaban J connectivity index is 1.85. The van der Waals surface area contributed by atoms with Crippen LogP contribution in [0.4, 0.5) is 5.69 Å². The van der Waals surface area contributed by atoms with Gasteiger partial charge in [-0.3, -0.25) is 24.6 Å². The average molecular weight is 364 g/mol. The van der Waals surface area contributed by atoms with Crippen molar-refractivity contribution >= 4 is 17.5 Å². The molecule has 26 heavy (non-hydrogen) atoms. The second-order valence-electron chi connectivity index (χ2n) is 6.23. The van der Waals surface area contributed by atoms with Crippen molar-refractivity contribution in [2.24, 2.45) is 0 Å². The largest absolute Gasteiger partial charge is 0.502 e. The van der Waals surface area contributed by atoms with Crippen molar-refractivity contribution in [3.05, 3.63) is 33.9 Å². The van der Waals surface area contributed by atoms with Gasteiger partial charge in [0.15, 0.2) is 5.75 Å². The molecule has 1 aliphatic rings. The van der Waals surface area contributed by atoms with E-state index in [-0.39, 0.29) is 17.4 Å². The first-order valence-electron chi connectivity index (χ1n) is 8.68. The van der Waals surface area contributed by atoms with Gasteiger partial charge in [-0.05, 0) is 18.6 Å². The Morgan fingerprint density at radius 1 is 1.27 bits per heavy atom. The quantitative estimate of drug-likeness (QED) is 0.423. The number of aromatic hydroxyl groups is 1. The Morgan fingerprint density at radius 2 is 1.96 bits per heavy atom. The fourth-order valence-corrected chi connectivity index (χ4v) is 2.77. The number of carbonyl (C=O) groups excluding carboxylic acids is 2. The number of phenols is 1. The van der Waals surface area contributed by atoms with Crippen LogP contribution in [0.15, 0.2) is 18.2 Å². The summed E-state index contributed by atoms with van der Waals surface area (Å²) in [4.78, 5) is 37.9. The predicted molar refractivity (Wildman–Crippen MR) is 95.0 cm³/mol. The van der Waals surface area contributed by atoms with Crippen LogP contribution in [0.1, 0.15) is 30.1 Å². The van der Waals surface area contributed by atoms with Gasteiger partial charge in [-0.2, -0.15) is 0 Å². The van der Waals surface area contributed by atoms with Gasteiger partial charge in [0, 0.05) is 44.4 Å². The fraction of sp³-hybridized carbons (Fsp3) is 0.529. The average Bonchev–Trinajstić information content (AvgIpc) is 2.61. The lowest BCUT2D eigenvalue weighted by Gasteiger charge is -2.34. The summed E-state index contributed by atoms with van der Waals surface area (Å²) in [6.07, 6.45) is 1.98. The van der Waals surface area contributed by atoms with Gasteiger partial charge in [-0.25, -0.2) is 0 Å². The van der Waals surface area contributed by atoms with Crippen LogP contribution in [0.2, 0.25) is 0 Å². The molecule has 142 valence electrons. The third-order valence-electron chi connectivity index (χ3n) is 4.30. The van der Waals surface area contributed by atoms with E-state index in [9.17, 15) is 24.8 Å². The SMILES string of the molecule is CCCCNC(=O)CN1CCN(C(=O)c2ccc([N+](=O)[O-])c(O)c2)CC1. The van der Waals surface area contributed by atoms with Crippen molar-refractivity contribution in [1.29, 1.82) is 0 Å². The summed E-state index contributed by atoms with van der Waals surface area (Å²) in [5.41, 5.74) is -0.223. The second-order valence-corrected chi connectivity index (χ2v) is 6.23. The Labute approximate surface area is 151 Å². The molecule has 1 heterocycles. The standard InChI is InChI=1S/C17H24N4O5/c1-2-3-6-18-16(23)12-19-7-9-20(10-8-19)17(24)13-4-5-14(21(25)26)15(22)11-13/h4-5,11,22H,2-3,6-10,12H2,1H3,(H,18,23). The van der Waals surface area contributed by atoms with Gasteiger partial charge < -0.3 is 15.3 Å². The molecular formula is C17H24N4O5. The highest BCUT2D eigenvalue weighted by atomic mass is 16.6. The maximum atomic E-state index is 12.5. The number of nitro benzene ring substituents is 1. The van der Waals surface area contributed by atoms with E-state index in [1.54, 1.807) is 4.90 Å². The first-order chi connectivity index (χ1) is 12.4. The second kappa shape index (κ2) is 9.14. The maximum Gasteiger partial charge on any atom is 0.310 e. The lowest BCUT2D eigenvalue weighted by Crippen LogP contribution is -2.51. The fourth-order valence-electron chi connectivity index (χ4n) is 2.77. The number of nitrogens with one attached hydrogen (secondary N) is 1. The number of benzene rings is 1. The molecule has 2 amide bonds. The minimum absolute atomic E-state index is 0.0153. The van der Waals surface area contributed by atoms with Gasteiger partial charge in [0.05, 0.1) is 11.5 Å². The van der Waals surface area contributed by atoms with Gasteiger partial charge in [-0.1, -0.05) is 13.3 Å². The Kier molecular flexibility index (Phi) is 6.90. The van der Waals surface area contributed by atoms with E-state index in [1.165, 1.54) is 6.07 Å². The van der Waals surface area contributed by atoms with Gasteiger partial charge in [0.1, 0.15) is 0 Å². The Hall–Kier alpha value is -2.68. The predicted octanol–water partition coefficient (Wildman–Crippen LogP) is 0.974. The first kappa shape index (κ1) is 19.6. The zero-order valence-electron chi connectivity index (χ0n) is 14.8. The summed E-state index contributed by atoms with van der Waals surface area (Å²) in [6.45, 7) is 5.12. The third-order valence-corrected chi connectivity index (χ3v) is 4.30. The number of hydrogen-bond donors (Lipinski definition) is 2. The van der Waals surface area contributed by atoms with Gasteiger partial charge in [-0.15, -0.1) is 0 Å². The van der Waals surface area contributed by atoms with Crippen molar-refractivity contribution in [2.45, 2.75) is 19.8 Å². The molecule has 0 unspecified atom stereocenters. The zero-order chi connectivity index (χ0) is 19.1. The zero-order valence-corrected chi connectivity index (χ0v) is 14.8. The van der Waals surface area contributed by atoms with Crippen molar-refractivity contribution in [3.63, 3.8) is 0 Å². The van der Waals surface area contributed by atoms with Crippen LogP contribution in [0, 0.1) is 10.1 Å². The van der Waals surface area contributed by atoms with Crippen LogP contribution in [-0.4, -0.2) is 70.9 Å². The number of rotatable bonds is 7. The summed E-state index contributed by atoms with van der Waals surface area (Å²) in [5.74, 6) is -0.830. The van der Waals surface area contributed by atoms with E-state index >= 15 is 0 Å². The molecule has 1 saturated heterocycles. The first-order valence-corrected chi connectivity index (χ1v) is 8.68. The normalized spacial score (nSPS) is 14.9. The molecule has 0 radical (unpaired) electrons. The van der Waals surface area contributed by atoms with E-state index in [2.05, 4.69) is 12.2 Å². The van der Waals surface area contributed by atoms with Crippen LogP contribution in [0.25, 0.3) is 0 Å². The highest BCUT2D eigenvalue weighted by molar-refractivity contribution is 5.95. The van der Waals surface area contributed by atoms with Crippen LogP contribution in [-0.2, 0) is 4.79 Å². The highest BCUT2D eigenvalue weighted by Crippen LogP contribution is 2.26. The molecule has 2 N–H and O–H groups in total. The Morgan fingerprint density at radius 3 is 2.54 bits per heavy atom. The maximum absolute atomic E-state index is 12.5. The molecule has 1 aromatic rings. The molecule has 2 rings (SSSR count). The van der Waals surface area contributed by atoms with Crippen molar-refractivity contribution < 1.29 is 19.6 Å². The number of piperazine rings is 1. The Bertz CT molecular complexity index is 671. The molecule has 0 bridgehead atoms. The number of amides is 2. The molecule has 1 aromatic carbocycles. The number of carbonyl (C=O) groups is 2. The van der Waals surface area contributed by atoms with E-state index in [0.29, 0.717) is 39.3 Å².